The van der Waals surface area contributed by atoms with Crippen molar-refractivity contribution >= 4 is 17.6 Å². The predicted octanol–water partition coefficient (Wildman–Crippen LogP) is 4.94. The fourth-order valence-corrected chi connectivity index (χ4v) is 6.15. The first-order valence-corrected chi connectivity index (χ1v) is 13.7. The summed E-state index contributed by atoms with van der Waals surface area (Å²) in [6.45, 7) is 16.3. The molecule has 6 nitrogen and oxygen atoms in total. The first-order chi connectivity index (χ1) is 16.5. The molecule has 4 rings (SSSR count). The van der Waals surface area contributed by atoms with Crippen LogP contribution in [0.25, 0.3) is 0 Å². The molecule has 3 saturated heterocycles. The Balaban J connectivity index is 1.43. The van der Waals surface area contributed by atoms with Crippen molar-refractivity contribution in [3.63, 3.8) is 0 Å². The zero-order chi connectivity index (χ0) is 25.3. The topological polar surface area (TPSA) is 64.1 Å². The number of aliphatic carboxylic acids is 1. The lowest BCUT2D eigenvalue weighted by atomic mass is 9.85. The molecule has 1 amide bonds. The minimum Gasteiger partial charge on any atom is -0.481 e. The summed E-state index contributed by atoms with van der Waals surface area (Å²) in [6, 6.07) is 6.93. The van der Waals surface area contributed by atoms with E-state index < -0.39 is 5.97 Å². The van der Waals surface area contributed by atoms with Gasteiger partial charge in [0.1, 0.15) is 0 Å². The molecule has 0 spiro atoms. The average molecular weight is 484 g/mol. The first-order valence-electron chi connectivity index (χ1n) is 13.7. The van der Waals surface area contributed by atoms with Gasteiger partial charge >= 0.3 is 5.97 Å². The van der Waals surface area contributed by atoms with Crippen LogP contribution in [0.2, 0.25) is 0 Å². The minimum atomic E-state index is -0.661. The highest BCUT2D eigenvalue weighted by Gasteiger charge is 2.37. The molecule has 0 bridgehead atoms. The third-order valence-corrected chi connectivity index (χ3v) is 8.64. The molecule has 1 atom stereocenters. The number of carbonyl (C=O) groups is 2. The summed E-state index contributed by atoms with van der Waals surface area (Å²) in [5, 5.41) is 9.42. The lowest BCUT2D eigenvalue weighted by Crippen LogP contribution is -2.44. The molecule has 3 aliphatic rings. The molecule has 194 valence electrons. The summed E-state index contributed by atoms with van der Waals surface area (Å²) in [5.41, 5.74) is 4.14. The highest BCUT2D eigenvalue weighted by molar-refractivity contribution is 5.79. The molecular formula is C29H45N3O3. The average Bonchev–Trinajstić information content (AvgIpc) is 3.34. The molecule has 3 aliphatic heterocycles. The van der Waals surface area contributed by atoms with Gasteiger partial charge in [-0.3, -0.25) is 14.5 Å². The van der Waals surface area contributed by atoms with Gasteiger partial charge < -0.3 is 14.9 Å². The Morgan fingerprint density at radius 2 is 1.54 bits per heavy atom. The number of hydrogen-bond acceptors (Lipinski definition) is 4. The number of hydrogen-bond donors (Lipinski definition) is 1. The van der Waals surface area contributed by atoms with Crippen molar-refractivity contribution in [2.45, 2.75) is 84.1 Å². The van der Waals surface area contributed by atoms with Crippen molar-refractivity contribution in [2.24, 2.45) is 11.8 Å². The highest BCUT2D eigenvalue weighted by Crippen LogP contribution is 2.38. The summed E-state index contributed by atoms with van der Waals surface area (Å²) in [5.74, 6) is 0.510. The number of carboxylic acid groups (broad SMARTS) is 1. The third kappa shape index (κ3) is 5.84. The maximum absolute atomic E-state index is 13.3. The van der Waals surface area contributed by atoms with Gasteiger partial charge in [0, 0.05) is 44.0 Å². The predicted molar refractivity (Wildman–Crippen MR) is 141 cm³/mol. The van der Waals surface area contributed by atoms with E-state index in [9.17, 15) is 14.7 Å². The van der Waals surface area contributed by atoms with Crippen LogP contribution in [0.15, 0.2) is 18.2 Å². The van der Waals surface area contributed by atoms with Crippen LogP contribution in [-0.4, -0.2) is 71.6 Å². The fourth-order valence-electron chi connectivity index (χ4n) is 6.15. The molecule has 1 unspecified atom stereocenters. The van der Waals surface area contributed by atoms with Gasteiger partial charge in [-0.25, -0.2) is 0 Å². The van der Waals surface area contributed by atoms with E-state index in [0.717, 1.165) is 58.5 Å². The van der Waals surface area contributed by atoms with Crippen molar-refractivity contribution in [2.75, 3.05) is 44.2 Å². The number of anilines is 1. The normalized spacial score (nSPS) is 23.3. The van der Waals surface area contributed by atoms with E-state index in [2.05, 4.69) is 67.5 Å². The number of amides is 1. The molecule has 3 fully saturated rings. The van der Waals surface area contributed by atoms with Crippen LogP contribution in [0.1, 0.15) is 89.7 Å². The number of rotatable bonds is 5. The van der Waals surface area contributed by atoms with Crippen LogP contribution in [0.4, 0.5) is 5.69 Å². The first kappa shape index (κ1) is 26.0. The molecule has 0 radical (unpaired) electrons. The van der Waals surface area contributed by atoms with Crippen LogP contribution in [0.5, 0.6) is 0 Å². The van der Waals surface area contributed by atoms with Crippen molar-refractivity contribution in [1.82, 2.24) is 9.80 Å². The van der Waals surface area contributed by atoms with Crippen molar-refractivity contribution in [3.8, 4) is 0 Å². The van der Waals surface area contributed by atoms with E-state index >= 15 is 0 Å². The van der Waals surface area contributed by atoms with Gasteiger partial charge in [0.15, 0.2) is 0 Å². The zero-order valence-electron chi connectivity index (χ0n) is 22.4. The molecule has 0 aliphatic carbocycles. The fraction of sp³-hybridized carbons (Fsp3) is 0.724. The summed E-state index contributed by atoms with van der Waals surface area (Å²) in [6.07, 6.45) is 4.40. The second kappa shape index (κ2) is 10.5. The second-order valence-corrected chi connectivity index (χ2v) is 12.3. The van der Waals surface area contributed by atoms with E-state index in [1.807, 2.05) is 0 Å². The molecule has 0 saturated carbocycles. The van der Waals surface area contributed by atoms with Crippen LogP contribution < -0.4 is 4.90 Å². The number of carbonyl (C=O) groups excluding carboxylic acids is 1. The van der Waals surface area contributed by atoms with E-state index in [4.69, 9.17) is 0 Å². The molecule has 1 N–H and O–H groups in total. The zero-order valence-corrected chi connectivity index (χ0v) is 22.4. The Bertz CT molecular complexity index is 906. The van der Waals surface area contributed by atoms with Crippen molar-refractivity contribution < 1.29 is 14.7 Å². The number of piperidine rings is 2. The quantitative estimate of drug-likeness (QED) is 0.643. The molecule has 35 heavy (non-hydrogen) atoms. The Labute approximate surface area is 211 Å². The van der Waals surface area contributed by atoms with Gasteiger partial charge in [0.2, 0.25) is 5.91 Å². The van der Waals surface area contributed by atoms with Gasteiger partial charge in [-0.2, -0.15) is 0 Å². The van der Waals surface area contributed by atoms with Crippen molar-refractivity contribution in [1.29, 1.82) is 0 Å². The molecule has 1 aromatic rings. The molecule has 6 heteroatoms. The SMILES string of the molecule is CC(C)c1ccc(C2CCN(C(=O)C3CCN(C(C)(C)C)C3)CC2)c(N2CCC(C(=O)O)CC2)c1. The maximum Gasteiger partial charge on any atom is 0.306 e. The summed E-state index contributed by atoms with van der Waals surface area (Å²) >= 11 is 0. The van der Waals surface area contributed by atoms with Crippen LogP contribution >= 0.6 is 0 Å². The molecular weight excluding hydrogens is 438 g/mol. The van der Waals surface area contributed by atoms with Crippen LogP contribution in [0.3, 0.4) is 0 Å². The number of carboxylic acids is 1. The molecule has 1 aromatic carbocycles. The van der Waals surface area contributed by atoms with E-state index in [-0.39, 0.29) is 17.4 Å². The van der Waals surface area contributed by atoms with Crippen molar-refractivity contribution in [3.05, 3.63) is 29.3 Å². The van der Waals surface area contributed by atoms with Gasteiger partial charge in [-0.05, 0) is 88.4 Å². The number of likely N-dealkylation sites (tertiary alicyclic amines) is 2. The van der Waals surface area contributed by atoms with Gasteiger partial charge in [0.25, 0.3) is 0 Å². The smallest absolute Gasteiger partial charge is 0.306 e. The standard InChI is InChI=1S/C29H45N3O3/c1-20(2)23-6-7-25(26(18-23)30-13-10-22(11-14-30)28(34)35)21-8-15-31(16-9-21)27(33)24-12-17-32(19-24)29(3,4)5/h6-7,18,20-22,24H,8-17,19H2,1-5H3,(H,34,35). The second-order valence-electron chi connectivity index (χ2n) is 12.3. The number of benzene rings is 1. The van der Waals surface area contributed by atoms with Crippen LogP contribution in [0, 0.1) is 11.8 Å². The summed E-state index contributed by atoms with van der Waals surface area (Å²) < 4.78 is 0. The number of nitrogens with zero attached hydrogens (tertiary/aromatic N) is 3. The molecule has 3 heterocycles. The van der Waals surface area contributed by atoms with Gasteiger partial charge in [-0.1, -0.05) is 26.0 Å². The molecule has 0 aromatic heterocycles. The highest BCUT2D eigenvalue weighted by atomic mass is 16.4. The summed E-state index contributed by atoms with van der Waals surface area (Å²) in [4.78, 5) is 31.7. The van der Waals surface area contributed by atoms with Gasteiger partial charge in [-0.15, -0.1) is 0 Å². The lowest BCUT2D eigenvalue weighted by molar-refractivity contribution is -0.142. The Morgan fingerprint density at radius 3 is 2.09 bits per heavy atom. The Morgan fingerprint density at radius 1 is 0.914 bits per heavy atom. The maximum atomic E-state index is 13.3. The minimum absolute atomic E-state index is 0.125. The van der Waals surface area contributed by atoms with E-state index in [1.54, 1.807) is 0 Å². The van der Waals surface area contributed by atoms with Crippen LogP contribution in [-0.2, 0) is 9.59 Å². The largest absolute Gasteiger partial charge is 0.481 e. The lowest BCUT2D eigenvalue weighted by Gasteiger charge is -2.38. The third-order valence-electron chi connectivity index (χ3n) is 8.64. The Kier molecular flexibility index (Phi) is 7.80. The van der Waals surface area contributed by atoms with E-state index in [0.29, 0.717) is 30.6 Å². The Hall–Kier alpha value is -2.08. The summed E-state index contributed by atoms with van der Waals surface area (Å²) in [7, 11) is 0. The van der Waals surface area contributed by atoms with E-state index in [1.165, 1.54) is 16.8 Å². The van der Waals surface area contributed by atoms with Gasteiger partial charge in [0.05, 0.1) is 11.8 Å². The monoisotopic (exact) mass is 483 g/mol.